The Morgan fingerprint density at radius 1 is 0.607 bits per heavy atom. The van der Waals surface area contributed by atoms with Gasteiger partial charge in [-0.3, -0.25) is 0 Å². The molecule has 1 aromatic heterocycles. The maximum atomic E-state index is 4.64. The van der Waals surface area contributed by atoms with Gasteiger partial charge in [0.25, 0.3) is 0 Å². The van der Waals surface area contributed by atoms with Gasteiger partial charge >= 0.3 is 0 Å². The summed E-state index contributed by atoms with van der Waals surface area (Å²) in [5.74, 6) is 0.684. The third-order valence-electron chi connectivity index (χ3n) is 3.82. The number of hydrogen-bond acceptors (Lipinski definition) is 1. The Labute approximate surface area is 166 Å². The lowest BCUT2D eigenvalue weighted by atomic mass is 10.3. The molecule has 0 amide bonds. The summed E-state index contributed by atoms with van der Waals surface area (Å²) in [6.07, 6.45) is 4.00. The topological polar surface area (TPSA) is 41.4 Å². The molecule has 2 N–H and O–H groups in total. The summed E-state index contributed by atoms with van der Waals surface area (Å²) in [5, 5.41) is 6.63. The van der Waals surface area contributed by atoms with Gasteiger partial charge in [0, 0.05) is 30.8 Å². The molecule has 0 aliphatic carbocycles. The highest BCUT2D eigenvalue weighted by atomic mass is 15.2. The van der Waals surface area contributed by atoms with Crippen molar-refractivity contribution < 1.29 is 0 Å². The van der Waals surface area contributed by atoms with Crippen LogP contribution in [-0.2, 0) is 7.05 Å². The molecule has 140 valence electrons. The highest BCUT2D eigenvalue weighted by molar-refractivity contribution is 6.04. The van der Waals surface area contributed by atoms with E-state index in [1.165, 1.54) is 0 Å². The highest BCUT2D eigenvalue weighted by Gasteiger charge is 2.01. The van der Waals surface area contributed by atoms with Gasteiger partial charge in [0.1, 0.15) is 0 Å². The van der Waals surface area contributed by atoms with Crippen molar-refractivity contribution >= 4 is 23.0 Å². The summed E-state index contributed by atoms with van der Waals surface area (Å²) in [7, 11) is 2.00. The Kier molecular flexibility index (Phi) is 7.04. The van der Waals surface area contributed by atoms with E-state index in [0.717, 1.165) is 17.1 Å². The van der Waals surface area contributed by atoms with Crippen LogP contribution in [0, 0.1) is 0 Å². The van der Waals surface area contributed by atoms with Gasteiger partial charge in [-0.15, -0.1) is 0 Å². The summed E-state index contributed by atoms with van der Waals surface area (Å²) in [5.41, 5.74) is 2.87. The number of aliphatic imine (C=N–C) groups is 1. The molecule has 3 aromatic carbocycles. The highest BCUT2D eigenvalue weighted by Crippen LogP contribution is 2.14. The quantitative estimate of drug-likeness (QED) is 0.348. The molecule has 0 aliphatic rings. The van der Waals surface area contributed by atoms with E-state index in [0.29, 0.717) is 5.96 Å². The van der Waals surface area contributed by atoms with E-state index in [9.17, 15) is 0 Å². The number of nitrogens with one attached hydrogen (secondary N) is 2. The smallest absolute Gasteiger partial charge is 0.205 e. The van der Waals surface area contributed by atoms with Gasteiger partial charge < -0.3 is 15.2 Å². The zero-order valence-corrected chi connectivity index (χ0v) is 15.9. The van der Waals surface area contributed by atoms with Crippen LogP contribution in [0.3, 0.4) is 0 Å². The lowest BCUT2D eigenvalue weighted by molar-refractivity contribution is 0.928. The minimum Gasteiger partial charge on any atom is -0.357 e. The van der Waals surface area contributed by atoms with Gasteiger partial charge in [0.15, 0.2) is 0 Å². The van der Waals surface area contributed by atoms with Crippen LogP contribution in [0.15, 0.2) is 121 Å². The van der Waals surface area contributed by atoms with Gasteiger partial charge in [-0.2, -0.15) is 0 Å². The molecule has 0 saturated carbocycles. The van der Waals surface area contributed by atoms with Crippen molar-refractivity contribution in [2.45, 2.75) is 0 Å². The minimum absolute atomic E-state index is 0.684. The first kappa shape index (κ1) is 19.0. The maximum Gasteiger partial charge on any atom is 0.205 e. The molecule has 4 nitrogen and oxygen atoms in total. The van der Waals surface area contributed by atoms with Crippen molar-refractivity contribution in [3.05, 3.63) is 116 Å². The number of anilines is 2. The average Bonchev–Trinajstić information content (AvgIpc) is 3.22. The van der Waals surface area contributed by atoms with E-state index in [4.69, 9.17) is 0 Å². The Morgan fingerprint density at radius 2 is 1.04 bits per heavy atom. The van der Waals surface area contributed by atoms with E-state index >= 15 is 0 Å². The minimum atomic E-state index is 0.684. The molecular weight excluding hydrogens is 344 g/mol. The lowest BCUT2D eigenvalue weighted by Gasteiger charge is -2.12. The van der Waals surface area contributed by atoms with Crippen LogP contribution in [0.5, 0.6) is 0 Å². The number of para-hydroxylation sites is 3. The standard InChI is InChI=1S/C19H17N3.C5H7N/c1-4-10-16(11-5-1)20-19(21-17-12-6-2-7-13-17)22-18-14-8-3-9-15-18;1-6-4-2-3-5-6/h1-15H,(H2,20,21,22);2-5H,1H3. The largest absolute Gasteiger partial charge is 0.357 e. The normalized spacial score (nSPS) is 9.61. The van der Waals surface area contributed by atoms with E-state index in [1.54, 1.807) is 0 Å². The first-order valence-electron chi connectivity index (χ1n) is 9.14. The molecule has 0 aliphatic heterocycles. The lowest BCUT2D eigenvalue weighted by Crippen LogP contribution is -2.21. The molecule has 0 unspecified atom stereocenters. The van der Waals surface area contributed by atoms with Crippen molar-refractivity contribution in [3.63, 3.8) is 0 Å². The second-order valence-corrected chi connectivity index (χ2v) is 6.13. The summed E-state index contributed by atoms with van der Waals surface area (Å²) < 4.78 is 2.00. The predicted molar refractivity (Wildman–Crippen MR) is 119 cm³/mol. The van der Waals surface area contributed by atoms with Crippen molar-refractivity contribution in [1.29, 1.82) is 0 Å². The predicted octanol–water partition coefficient (Wildman–Crippen LogP) is 5.92. The zero-order valence-electron chi connectivity index (χ0n) is 15.9. The van der Waals surface area contributed by atoms with Crippen LogP contribution in [-0.4, -0.2) is 10.5 Å². The first-order valence-corrected chi connectivity index (χ1v) is 9.14. The molecule has 28 heavy (non-hydrogen) atoms. The zero-order chi connectivity index (χ0) is 19.4. The van der Waals surface area contributed by atoms with Crippen molar-refractivity contribution in [2.75, 3.05) is 10.6 Å². The first-order chi connectivity index (χ1) is 13.8. The average molecular weight is 368 g/mol. The molecule has 0 radical (unpaired) electrons. The number of aromatic nitrogens is 1. The van der Waals surface area contributed by atoms with E-state index in [2.05, 4.69) is 15.6 Å². The van der Waals surface area contributed by atoms with Gasteiger partial charge in [0.05, 0.1) is 5.69 Å². The molecule has 0 bridgehead atoms. The van der Waals surface area contributed by atoms with E-state index < -0.39 is 0 Å². The van der Waals surface area contributed by atoms with Crippen LogP contribution < -0.4 is 10.6 Å². The summed E-state index contributed by atoms with van der Waals surface area (Å²) in [4.78, 5) is 4.64. The monoisotopic (exact) mass is 368 g/mol. The van der Waals surface area contributed by atoms with Gasteiger partial charge in [-0.05, 0) is 48.5 Å². The Balaban J connectivity index is 0.000000320. The second-order valence-electron chi connectivity index (χ2n) is 6.13. The fourth-order valence-corrected chi connectivity index (χ4v) is 2.46. The number of rotatable bonds is 3. The summed E-state index contributed by atoms with van der Waals surface area (Å²) >= 11 is 0. The molecule has 1 heterocycles. The van der Waals surface area contributed by atoms with Crippen LogP contribution >= 0.6 is 0 Å². The van der Waals surface area contributed by atoms with Crippen molar-refractivity contribution in [2.24, 2.45) is 12.0 Å². The third-order valence-corrected chi connectivity index (χ3v) is 3.82. The molecule has 4 rings (SSSR count). The van der Waals surface area contributed by atoms with Crippen molar-refractivity contribution in [1.82, 2.24) is 4.57 Å². The Morgan fingerprint density at radius 3 is 1.43 bits per heavy atom. The Bertz CT molecular complexity index is 904. The second kappa shape index (κ2) is 10.4. The fourth-order valence-electron chi connectivity index (χ4n) is 2.46. The molecule has 4 heteroatoms. The van der Waals surface area contributed by atoms with Crippen LogP contribution in [0.1, 0.15) is 0 Å². The molecule has 0 fully saturated rings. The summed E-state index contributed by atoms with van der Waals surface area (Å²) in [6, 6.07) is 33.8. The molecule has 4 aromatic rings. The van der Waals surface area contributed by atoms with Gasteiger partial charge in [0.2, 0.25) is 5.96 Å². The van der Waals surface area contributed by atoms with Gasteiger partial charge in [-0.25, -0.2) is 4.99 Å². The number of hydrogen-bond donors (Lipinski definition) is 2. The van der Waals surface area contributed by atoms with Crippen molar-refractivity contribution in [3.8, 4) is 0 Å². The molecule has 0 spiro atoms. The summed E-state index contributed by atoms with van der Waals surface area (Å²) in [6.45, 7) is 0. The maximum absolute atomic E-state index is 4.64. The number of nitrogens with zero attached hydrogens (tertiary/aromatic N) is 2. The Hall–Kier alpha value is -3.79. The third kappa shape index (κ3) is 6.50. The number of benzene rings is 3. The number of guanidine groups is 1. The van der Waals surface area contributed by atoms with Crippen LogP contribution in [0.2, 0.25) is 0 Å². The van der Waals surface area contributed by atoms with Crippen LogP contribution in [0.4, 0.5) is 17.1 Å². The SMILES string of the molecule is Cn1cccc1.c1ccc(N=C(Nc2ccccc2)Nc2ccccc2)cc1. The van der Waals surface area contributed by atoms with E-state index in [-0.39, 0.29) is 0 Å². The molecule has 0 saturated heterocycles. The fraction of sp³-hybridized carbons (Fsp3) is 0.0417. The molecule has 0 atom stereocenters. The van der Waals surface area contributed by atoms with E-state index in [1.807, 2.05) is 127 Å². The van der Waals surface area contributed by atoms with Gasteiger partial charge in [-0.1, -0.05) is 54.6 Å². The molecular formula is C24H24N4. The van der Waals surface area contributed by atoms with Crippen LogP contribution in [0.25, 0.3) is 0 Å². The number of aryl methyl sites for hydroxylation is 1.